The van der Waals surface area contributed by atoms with E-state index in [1.807, 2.05) is 6.07 Å². The zero-order valence-corrected chi connectivity index (χ0v) is 18.5. The van der Waals surface area contributed by atoms with Crippen molar-refractivity contribution >= 4 is 29.1 Å². The Morgan fingerprint density at radius 3 is 2.15 bits per heavy atom. The summed E-state index contributed by atoms with van der Waals surface area (Å²) in [7, 11) is 0. The molecule has 0 aliphatic carbocycles. The van der Waals surface area contributed by atoms with Crippen molar-refractivity contribution in [3.8, 4) is 11.6 Å². The summed E-state index contributed by atoms with van der Waals surface area (Å²) in [5, 5.41) is 27.4. The number of aryl methyl sites for hydroxylation is 1. The van der Waals surface area contributed by atoms with Crippen molar-refractivity contribution in [3.63, 3.8) is 0 Å². The maximum Gasteiger partial charge on any atom is 0.351 e. The van der Waals surface area contributed by atoms with E-state index in [2.05, 4.69) is 5.10 Å². The van der Waals surface area contributed by atoms with Crippen molar-refractivity contribution in [2.45, 2.75) is 16.7 Å². The van der Waals surface area contributed by atoms with Gasteiger partial charge >= 0.3 is 5.97 Å². The molecule has 0 saturated heterocycles. The first kappa shape index (κ1) is 22.7. The molecule has 1 aromatic heterocycles. The first-order valence-electron chi connectivity index (χ1n) is 9.88. The number of esters is 1. The van der Waals surface area contributed by atoms with E-state index in [9.17, 15) is 25.0 Å². The molecule has 0 spiro atoms. The van der Waals surface area contributed by atoms with Gasteiger partial charge < -0.3 is 4.74 Å². The molecule has 3 aromatic carbocycles. The van der Waals surface area contributed by atoms with Crippen LogP contribution in [0.3, 0.4) is 0 Å². The number of hydrogen-bond acceptors (Lipinski definition) is 8. The lowest BCUT2D eigenvalue weighted by molar-refractivity contribution is -0.387. The summed E-state index contributed by atoms with van der Waals surface area (Å²) in [6.45, 7) is 1.68. The summed E-state index contributed by atoms with van der Waals surface area (Å²) in [6.07, 6.45) is 0. The van der Waals surface area contributed by atoms with E-state index < -0.39 is 21.5 Å². The summed E-state index contributed by atoms with van der Waals surface area (Å²) >= 11 is 1.02. The van der Waals surface area contributed by atoms with Crippen LogP contribution in [-0.2, 0) is 0 Å². The number of aromatic nitrogens is 2. The molecule has 0 N–H and O–H groups in total. The Hall–Kier alpha value is -4.51. The molecule has 170 valence electrons. The van der Waals surface area contributed by atoms with E-state index in [0.29, 0.717) is 21.2 Å². The fourth-order valence-corrected chi connectivity index (χ4v) is 4.21. The first-order valence-corrected chi connectivity index (χ1v) is 10.7. The van der Waals surface area contributed by atoms with Gasteiger partial charge in [-0.25, -0.2) is 4.79 Å². The molecular weight excluding hydrogens is 460 g/mol. The number of rotatable bonds is 7. The molecule has 0 radical (unpaired) electrons. The third kappa shape index (κ3) is 4.50. The van der Waals surface area contributed by atoms with Crippen molar-refractivity contribution in [1.29, 1.82) is 0 Å². The number of hydrogen-bond donors (Lipinski definition) is 0. The molecule has 0 amide bonds. The van der Waals surface area contributed by atoms with Crippen molar-refractivity contribution in [2.24, 2.45) is 0 Å². The number of para-hydroxylation sites is 3. The predicted octanol–water partition coefficient (Wildman–Crippen LogP) is 5.37. The standard InChI is InChI=1S/C23H16N4O6S/c1-15-21(34-20-14-8-7-13-19(20)27(31)32)22(25(24-15)16-9-3-2-4-10-16)33-23(28)17-11-5-6-12-18(17)26(29)30/h2-14H,1H3. The number of ether oxygens (including phenoxy) is 1. The normalized spacial score (nSPS) is 10.6. The highest BCUT2D eigenvalue weighted by atomic mass is 32.2. The Kier molecular flexibility index (Phi) is 6.37. The molecule has 0 aliphatic rings. The van der Waals surface area contributed by atoms with Gasteiger partial charge in [0.2, 0.25) is 5.88 Å². The van der Waals surface area contributed by atoms with Crippen LogP contribution in [0.25, 0.3) is 5.69 Å². The van der Waals surface area contributed by atoms with E-state index >= 15 is 0 Å². The average molecular weight is 476 g/mol. The highest BCUT2D eigenvalue weighted by molar-refractivity contribution is 7.99. The molecule has 0 bridgehead atoms. The lowest BCUT2D eigenvalue weighted by atomic mass is 10.2. The Balaban J connectivity index is 1.83. The summed E-state index contributed by atoms with van der Waals surface area (Å²) in [5.41, 5.74) is 0.286. The molecule has 11 heteroatoms. The maximum atomic E-state index is 13.0. The van der Waals surface area contributed by atoms with Crippen LogP contribution in [0.1, 0.15) is 16.1 Å². The minimum atomic E-state index is -0.950. The van der Waals surface area contributed by atoms with Crippen LogP contribution in [-0.4, -0.2) is 25.6 Å². The van der Waals surface area contributed by atoms with Gasteiger partial charge in [-0.05, 0) is 31.2 Å². The topological polar surface area (TPSA) is 130 Å². The smallest absolute Gasteiger partial charge is 0.351 e. The van der Waals surface area contributed by atoms with Crippen molar-refractivity contribution < 1.29 is 19.4 Å². The average Bonchev–Trinajstić information content (AvgIpc) is 3.14. The monoisotopic (exact) mass is 476 g/mol. The van der Waals surface area contributed by atoms with E-state index in [-0.39, 0.29) is 17.1 Å². The minimum absolute atomic E-state index is 0.00463. The third-order valence-electron chi connectivity index (χ3n) is 4.75. The fourth-order valence-electron chi connectivity index (χ4n) is 3.20. The second-order valence-electron chi connectivity index (χ2n) is 6.96. The predicted molar refractivity (Wildman–Crippen MR) is 124 cm³/mol. The number of nitro groups is 2. The second kappa shape index (κ2) is 9.55. The largest absolute Gasteiger partial charge is 0.402 e. The van der Waals surface area contributed by atoms with E-state index in [1.54, 1.807) is 49.4 Å². The Bertz CT molecular complexity index is 1400. The molecule has 1 heterocycles. The van der Waals surface area contributed by atoms with Gasteiger partial charge in [-0.2, -0.15) is 9.78 Å². The molecule has 0 atom stereocenters. The lowest BCUT2D eigenvalue weighted by Gasteiger charge is -2.10. The molecule has 0 fully saturated rings. The Labute approximate surface area is 197 Å². The summed E-state index contributed by atoms with van der Waals surface area (Å²) in [5.74, 6) is -0.955. The van der Waals surface area contributed by atoms with Gasteiger partial charge in [0, 0.05) is 12.1 Å². The summed E-state index contributed by atoms with van der Waals surface area (Å²) < 4.78 is 7.06. The van der Waals surface area contributed by atoms with Gasteiger partial charge in [0.1, 0.15) is 5.56 Å². The van der Waals surface area contributed by atoms with Crippen LogP contribution in [0.15, 0.2) is 88.7 Å². The van der Waals surface area contributed by atoms with E-state index in [0.717, 1.165) is 11.8 Å². The lowest BCUT2D eigenvalue weighted by Crippen LogP contribution is -2.14. The molecule has 4 rings (SSSR count). The van der Waals surface area contributed by atoms with Gasteiger partial charge in [-0.3, -0.25) is 20.2 Å². The van der Waals surface area contributed by atoms with Crippen molar-refractivity contribution in [2.75, 3.05) is 0 Å². The first-order chi connectivity index (χ1) is 16.4. The number of nitro benzene ring substituents is 2. The number of nitrogens with zero attached hydrogens (tertiary/aromatic N) is 4. The van der Waals surface area contributed by atoms with Crippen LogP contribution in [0.5, 0.6) is 5.88 Å². The van der Waals surface area contributed by atoms with Crippen LogP contribution >= 0.6 is 11.8 Å². The number of benzene rings is 3. The SMILES string of the molecule is Cc1nn(-c2ccccc2)c(OC(=O)c2ccccc2[N+](=O)[O-])c1Sc1ccccc1[N+](=O)[O-]. The third-order valence-corrected chi connectivity index (χ3v) is 5.99. The molecule has 0 aliphatic heterocycles. The van der Waals surface area contributed by atoms with Crippen LogP contribution in [0.2, 0.25) is 0 Å². The molecular formula is C23H16N4O6S. The molecule has 4 aromatic rings. The highest BCUT2D eigenvalue weighted by Gasteiger charge is 2.27. The van der Waals surface area contributed by atoms with E-state index in [4.69, 9.17) is 4.74 Å². The van der Waals surface area contributed by atoms with Crippen LogP contribution < -0.4 is 4.74 Å². The summed E-state index contributed by atoms with van der Waals surface area (Å²) in [6, 6.07) is 20.4. The second-order valence-corrected chi connectivity index (χ2v) is 8.01. The van der Waals surface area contributed by atoms with Gasteiger partial charge in [0.15, 0.2) is 0 Å². The molecule has 0 saturated carbocycles. The Morgan fingerprint density at radius 1 is 0.882 bits per heavy atom. The van der Waals surface area contributed by atoms with Crippen LogP contribution in [0, 0.1) is 27.2 Å². The zero-order chi connectivity index (χ0) is 24.2. The number of carbonyl (C=O) groups excluding carboxylic acids is 1. The van der Waals surface area contributed by atoms with Crippen LogP contribution in [0.4, 0.5) is 11.4 Å². The van der Waals surface area contributed by atoms with Gasteiger partial charge in [-0.1, -0.05) is 54.2 Å². The Morgan fingerprint density at radius 2 is 1.47 bits per heavy atom. The van der Waals surface area contributed by atoms with Gasteiger partial charge in [-0.15, -0.1) is 0 Å². The van der Waals surface area contributed by atoms with Crippen molar-refractivity contribution in [1.82, 2.24) is 9.78 Å². The molecule has 0 unspecified atom stereocenters. The van der Waals surface area contributed by atoms with Gasteiger partial charge in [0.25, 0.3) is 11.4 Å². The quantitative estimate of drug-likeness (QED) is 0.198. The zero-order valence-electron chi connectivity index (χ0n) is 17.7. The fraction of sp³-hybridized carbons (Fsp3) is 0.0435. The molecule has 10 nitrogen and oxygen atoms in total. The van der Waals surface area contributed by atoms with Crippen molar-refractivity contribution in [3.05, 3.63) is 110 Å². The summed E-state index contributed by atoms with van der Waals surface area (Å²) in [4.78, 5) is 35.4. The van der Waals surface area contributed by atoms with Gasteiger partial charge in [0.05, 0.1) is 31.0 Å². The highest BCUT2D eigenvalue weighted by Crippen LogP contribution is 2.42. The maximum absolute atomic E-state index is 13.0. The minimum Gasteiger partial charge on any atom is -0.402 e. The molecule has 34 heavy (non-hydrogen) atoms. The number of carbonyl (C=O) groups is 1. The van der Waals surface area contributed by atoms with E-state index in [1.165, 1.54) is 35.0 Å².